The first-order valence-corrected chi connectivity index (χ1v) is 12.3. The predicted octanol–water partition coefficient (Wildman–Crippen LogP) is 3.45. The zero-order valence-electron chi connectivity index (χ0n) is 18.4. The van der Waals surface area contributed by atoms with Crippen molar-refractivity contribution in [2.75, 3.05) is 11.5 Å². The van der Waals surface area contributed by atoms with Crippen LogP contribution in [0.15, 0.2) is 36.5 Å². The van der Waals surface area contributed by atoms with Crippen LogP contribution in [0, 0.1) is 0 Å². The quantitative estimate of drug-likeness (QED) is 0.582. The first kappa shape index (κ1) is 23.1. The fourth-order valence-corrected chi connectivity index (χ4v) is 6.09. The molecule has 0 spiro atoms. The van der Waals surface area contributed by atoms with Crippen LogP contribution in [0.1, 0.15) is 49.2 Å². The number of ether oxygens (including phenoxy) is 1. The molecule has 1 atom stereocenters. The highest BCUT2D eigenvalue weighted by Crippen LogP contribution is 2.29. The van der Waals surface area contributed by atoms with Gasteiger partial charge < -0.3 is 10.1 Å². The molecule has 1 aliphatic heterocycles. The number of nitrogens with zero attached hydrogens (tertiary/aromatic N) is 3. The second kappa shape index (κ2) is 8.36. The number of hydrogen-bond donors (Lipinski definition) is 1. The lowest BCUT2D eigenvalue weighted by Gasteiger charge is -2.23. The van der Waals surface area contributed by atoms with Crippen molar-refractivity contribution in [3.8, 4) is 11.4 Å². The van der Waals surface area contributed by atoms with Crippen LogP contribution in [0.5, 0.6) is 5.75 Å². The van der Waals surface area contributed by atoms with Gasteiger partial charge in [0.15, 0.2) is 15.5 Å². The van der Waals surface area contributed by atoms with Gasteiger partial charge in [-0.2, -0.15) is 13.9 Å². The van der Waals surface area contributed by atoms with Gasteiger partial charge in [0.2, 0.25) is 0 Å². The van der Waals surface area contributed by atoms with Crippen molar-refractivity contribution in [2.24, 2.45) is 0 Å². The summed E-state index contributed by atoms with van der Waals surface area (Å²) in [6.07, 6.45) is 1.75. The van der Waals surface area contributed by atoms with Gasteiger partial charge >= 0.3 is 6.61 Å². The molecule has 33 heavy (non-hydrogen) atoms. The van der Waals surface area contributed by atoms with Gasteiger partial charge in [-0.3, -0.25) is 4.79 Å². The molecule has 176 valence electrons. The summed E-state index contributed by atoms with van der Waals surface area (Å²) in [7, 11) is -3.17. The molecule has 0 radical (unpaired) electrons. The molecule has 8 nitrogen and oxygen atoms in total. The zero-order chi connectivity index (χ0) is 24.0. The average Bonchev–Trinajstić information content (AvgIpc) is 3.24. The van der Waals surface area contributed by atoms with E-state index in [0.717, 1.165) is 0 Å². The van der Waals surface area contributed by atoms with Crippen LogP contribution >= 0.6 is 0 Å². The Morgan fingerprint density at radius 1 is 1.27 bits per heavy atom. The lowest BCUT2D eigenvalue weighted by Crippen LogP contribution is -2.46. The van der Waals surface area contributed by atoms with E-state index in [1.165, 1.54) is 23.0 Å². The Labute approximate surface area is 189 Å². The second-order valence-corrected chi connectivity index (χ2v) is 11.0. The number of benzene rings is 1. The molecule has 0 unspecified atom stereocenters. The molecule has 1 aromatic carbocycles. The van der Waals surface area contributed by atoms with E-state index in [2.05, 4.69) is 20.1 Å². The average molecular weight is 479 g/mol. The minimum atomic E-state index is -3.17. The van der Waals surface area contributed by atoms with Crippen molar-refractivity contribution < 1.29 is 26.7 Å². The number of halogens is 2. The van der Waals surface area contributed by atoms with E-state index < -0.39 is 27.9 Å². The van der Waals surface area contributed by atoms with Crippen molar-refractivity contribution in [3.05, 3.63) is 47.8 Å². The lowest BCUT2D eigenvalue weighted by atomic mass is 10.0. The smallest absolute Gasteiger partial charge is 0.387 e. The first-order valence-electron chi connectivity index (χ1n) is 10.4. The number of hydrogen-bond acceptors (Lipinski definition) is 6. The number of carbonyl (C=O) groups is 1. The van der Waals surface area contributed by atoms with Gasteiger partial charge in [-0.25, -0.2) is 18.1 Å². The minimum absolute atomic E-state index is 0.00648. The Bertz CT molecular complexity index is 1320. The van der Waals surface area contributed by atoms with Gasteiger partial charge in [0.25, 0.3) is 5.91 Å². The van der Waals surface area contributed by atoms with Gasteiger partial charge in [0.05, 0.1) is 34.0 Å². The fourth-order valence-electron chi connectivity index (χ4n) is 4.00. The molecule has 0 bridgehead atoms. The molecule has 1 N–H and O–H groups in total. The molecule has 1 aliphatic rings. The van der Waals surface area contributed by atoms with E-state index in [0.29, 0.717) is 28.8 Å². The van der Waals surface area contributed by atoms with Crippen molar-refractivity contribution >= 4 is 26.8 Å². The van der Waals surface area contributed by atoms with E-state index in [1.54, 1.807) is 25.1 Å². The number of pyridine rings is 1. The van der Waals surface area contributed by atoms with E-state index in [9.17, 15) is 22.0 Å². The molecule has 0 saturated carbocycles. The Hall–Kier alpha value is -3.08. The van der Waals surface area contributed by atoms with Gasteiger partial charge in [0.1, 0.15) is 5.75 Å². The molecule has 1 fully saturated rings. The van der Waals surface area contributed by atoms with Crippen LogP contribution in [0.2, 0.25) is 0 Å². The SMILES string of the molecule is CC(C)c1nn(-c2cccc(OC(F)F)c2)c2ncc(C(=O)N[C@@]3(C)CCS(=O)(=O)C3)cc12. The molecule has 3 aromatic rings. The lowest BCUT2D eigenvalue weighted by molar-refractivity contribution is -0.0498. The standard InChI is InChI=1S/C22H24F2N4O4S/c1-13(2)18-17-9-14(20(29)26-22(3)7-8-33(30,31)12-22)11-25-19(17)28(27-18)15-5-4-6-16(10-15)32-21(23)24/h4-6,9-11,13,21H,7-8,12H2,1-3H3,(H,26,29)/t22-/m0/s1. The summed E-state index contributed by atoms with van der Waals surface area (Å²) >= 11 is 0. The van der Waals surface area contributed by atoms with Crippen molar-refractivity contribution in [1.29, 1.82) is 0 Å². The fraction of sp³-hybridized carbons (Fsp3) is 0.409. The molecule has 11 heteroatoms. The monoisotopic (exact) mass is 478 g/mol. The number of amides is 1. The van der Waals surface area contributed by atoms with Gasteiger partial charge in [0, 0.05) is 17.6 Å². The van der Waals surface area contributed by atoms with Crippen molar-refractivity contribution in [3.63, 3.8) is 0 Å². The van der Waals surface area contributed by atoms with Crippen LogP contribution in [0.4, 0.5) is 8.78 Å². The maximum Gasteiger partial charge on any atom is 0.387 e. The largest absolute Gasteiger partial charge is 0.435 e. The third-order valence-electron chi connectivity index (χ3n) is 5.57. The van der Waals surface area contributed by atoms with E-state index >= 15 is 0 Å². The number of fused-ring (bicyclic) bond motifs is 1. The van der Waals surface area contributed by atoms with E-state index in [-0.39, 0.29) is 28.7 Å². The normalized spacial score (nSPS) is 20.0. The predicted molar refractivity (Wildman–Crippen MR) is 119 cm³/mol. The van der Waals surface area contributed by atoms with Crippen LogP contribution in [0.3, 0.4) is 0 Å². The van der Waals surface area contributed by atoms with Gasteiger partial charge in [-0.1, -0.05) is 19.9 Å². The minimum Gasteiger partial charge on any atom is -0.435 e. The zero-order valence-corrected chi connectivity index (χ0v) is 19.2. The maximum atomic E-state index is 12.9. The molecule has 3 heterocycles. The summed E-state index contributed by atoms with van der Waals surface area (Å²) in [5, 5.41) is 8.09. The Morgan fingerprint density at radius 3 is 2.67 bits per heavy atom. The third-order valence-corrected chi connectivity index (χ3v) is 7.47. The van der Waals surface area contributed by atoms with Crippen LogP contribution < -0.4 is 10.1 Å². The summed E-state index contributed by atoms with van der Waals surface area (Å²) in [5.41, 5.74) is 1.07. The summed E-state index contributed by atoms with van der Waals surface area (Å²) in [5.74, 6) is -0.494. The van der Waals surface area contributed by atoms with Crippen LogP contribution in [-0.4, -0.2) is 52.7 Å². The topological polar surface area (TPSA) is 103 Å². The maximum absolute atomic E-state index is 12.9. The first-order chi connectivity index (χ1) is 15.5. The molecular weight excluding hydrogens is 454 g/mol. The van der Waals surface area contributed by atoms with Gasteiger partial charge in [-0.15, -0.1) is 0 Å². The van der Waals surface area contributed by atoms with Crippen molar-refractivity contribution in [1.82, 2.24) is 20.1 Å². The number of alkyl halides is 2. The highest BCUT2D eigenvalue weighted by Gasteiger charge is 2.39. The van der Waals surface area contributed by atoms with Gasteiger partial charge in [-0.05, 0) is 37.5 Å². The van der Waals surface area contributed by atoms with E-state index in [4.69, 9.17) is 0 Å². The number of carbonyl (C=O) groups excluding carboxylic acids is 1. The molecule has 1 amide bonds. The summed E-state index contributed by atoms with van der Waals surface area (Å²) in [6.45, 7) is 2.66. The number of rotatable bonds is 6. The summed E-state index contributed by atoms with van der Waals surface area (Å²) in [4.78, 5) is 17.3. The Balaban J connectivity index is 1.71. The molecule has 2 aromatic heterocycles. The summed E-state index contributed by atoms with van der Waals surface area (Å²) in [6, 6.07) is 7.80. The Kier molecular flexibility index (Phi) is 5.85. The van der Waals surface area contributed by atoms with Crippen LogP contribution in [0.25, 0.3) is 16.7 Å². The number of sulfone groups is 1. The van der Waals surface area contributed by atoms with Crippen molar-refractivity contribution in [2.45, 2.75) is 45.3 Å². The second-order valence-electron chi connectivity index (χ2n) is 8.78. The highest BCUT2D eigenvalue weighted by atomic mass is 32.2. The molecule has 4 rings (SSSR count). The van der Waals surface area contributed by atoms with E-state index in [1.807, 2.05) is 13.8 Å². The van der Waals surface area contributed by atoms with Crippen LogP contribution in [-0.2, 0) is 9.84 Å². The molecular formula is C22H24F2N4O4S. The highest BCUT2D eigenvalue weighted by molar-refractivity contribution is 7.91. The Morgan fingerprint density at radius 2 is 2.03 bits per heavy atom. The molecule has 0 aliphatic carbocycles. The summed E-state index contributed by atoms with van der Waals surface area (Å²) < 4.78 is 55.0. The third kappa shape index (κ3) is 4.82. The number of aromatic nitrogens is 3. The number of nitrogens with one attached hydrogen (secondary N) is 1. The molecule has 1 saturated heterocycles.